The Morgan fingerprint density at radius 2 is 1.94 bits per heavy atom. The Bertz CT molecular complexity index is 1950. The Hall–Kier alpha value is -4.68. The predicted octanol–water partition coefficient (Wildman–Crippen LogP) is 5.63. The van der Waals surface area contributed by atoms with Crippen molar-refractivity contribution >= 4 is 34.4 Å². The van der Waals surface area contributed by atoms with E-state index in [1.807, 2.05) is 18.3 Å². The van der Waals surface area contributed by atoms with Gasteiger partial charge in [0.1, 0.15) is 35.3 Å². The molecule has 1 saturated carbocycles. The number of fused-ring (bicyclic) bond motifs is 2. The van der Waals surface area contributed by atoms with Gasteiger partial charge in [-0.25, -0.2) is 19.2 Å². The number of aromatic carboxylic acids is 1. The molecule has 13 heteroatoms. The molecule has 0 spiro atoms. The lowest BCUT2D eigenvalue weighted by molar-refractivity contribution is 0.0624. The van der Waals surface area contributed by atoms with Crippen molar-refractivity contribution in [1.82, 2.24) is 29.0 Å². The largest absolute Gasteiger partial charge is 0.494 e. The van der Waals surface area contributed by atoms with Crippen LogP contribution in [0.25, 0.3) is 11.0 Å². The highest BCUT2D eigenvalue weighted by molar-refractivity contribution is 6.30. The van der Waals surface area contributed by atoms with Gasteiger partial charge in [-0.2, -0.15) is 4.98 Å². The van der Waals surface area contributed by atoms with E-state index in [1.165, 1.54) is 19.2 Å². The molecule has 2 fully saturated rings. The highest BCUT2D eigenvalue weighted by atomic mass is 35.5. The van der Waals surface area contributed by atoms with E-state index in [0.29, 0.717) is 52.4 Å². The van der Waals surface area contributed by atoms with Crippen molar-refractivity contribution in [2.24, 2.45) is 0 Å². The van der Waals surface area contributed by atoms with E-state index in [9.17, 15) is 14.3 Å². The fourth-order valence-electron chi connectivity index (χ4n) is 6.66. The van der Waals surface area contributed by atoms with Crippen LogP contribution in [0.4, 0.5) is 10.2 Å². The fraction of sp³-hybridized carbons (Fsp3) is 0.353. The van der Waals surface area contributed by atoms with Gasteiger partial charge in [-0.15, -0.1) is 0 Å². The monoisotopic (exact) mass is 659 g/mol. The standard InChI is InChI=1S/C34H35ClFN7O4/c1-3-40-20-37-16-24(40)17-43-28-13-22(34(44)45)14-29(46-2)33(28)39-31(43)18-41-11-12-42(27-10-9-26(27)41)30-5-4-6-32(38-30)47-19-21-7-8-23(35)15-25(21)36/h4-8,13-16,20,26-27H,3,9-12,17-19H2,1-2H3,(H,44,45)/t26-,27-/m0/s1. The molecule has 11 nitrogen and oxygen atoms in total. The minimum atomic E-state index is -1.02. The Balaban J connectivity index is 1.13. The van der Waals surface area contributed by atoms with Gasteiger partial charge in [0, 0.05) is 54.6 Å². The Morgan fingerprint density at radius 1 is 1.09 bits per heavy atom. The summed E-state index contributed by atoms with van der Waals surface area (Å²) in [5.74, 6) is 1.11. The van der Waals surface area contributed by atoms with Crippen LogP contribution in [0, 0.1) is 5.82 Å². The molecule has 1 N–H and O–H groups in total. The van der Waals surface area contributed by atoms with Crippen molar-refractivity contribution in [3.8, 4) is 11.6 Å². The van der Waals surface area contributed by atoms with Gasteiger partial charge >= 0.3 is 5.97 Å². The van der Waals surface area contributed by atoms with Gasteiger partial charge < -0.3 is 28.6 Å². The van der Waals surface area contributed by atoms with Crippen molar-refractivity contribution in [3.05, 3.63) is 94.5 Å². The molecule has 1 aliphatic carbocycles. The Labute approximate surface area is 276 Å². The van der Waals surface area contributed by atoms with Crippen LogP contribution in [-0.2, 0) is 26.2 Å². The molecule has 2 atom stereocenters. The van der Waals surface area contributed by atoms with Crippen molar-refractivity contribution in [2.45, 2.75) is 58.1 Å². The van der Waals surface area contributed by atoms with Crippen LogP contribution in [0.1, 0.15) is 47.2 Å². The van der Waals surface area contributed by atoms with Crippen LogP contribution in [0.3, 0.4) is 0 Å². The molecule has 2 aromatic carbocycles. The van der Waals surface area contributed by atoms with Gasteiger partial charge in [-0.05, 0) is 50.1 Å². The summed E-state index contributed by atoms with van der Waals surface area (Å²) in [6.07, 6.45) is 5.73. The quantitative estimate of drug-likeness (QED) is 0.193. The maximum absolute atomic E-state index is 14.3. The summed E-state index contributed by atoms with van der Waals surface area (Å²) in [6, 6.07) is 14.0. The minimum Gasteiger partial charge on any atom is -0.494 e. The third-order valence-corrected chi connectivity index (χ3v) is 9.50. The summed E-state index contributed by atoms with van der Waals surface area (Å²) in [6.45, 7) is 5.53. The molecule has 1 aliphatic heterocycles. The first kappa shape index (κ1) is 30.9. The molecule has 47 heavy (non-hydrogen) atoms. The smallest absolute Gasteiger partial charge is 0.335 e. The number of anilines is 1. The van der Waals surface area contributed by atoms with Crippen LogP contribution in [-0.4, -0.2) is 72.3 Å². The number of piperazine rings is 1. The maximum atomic E-state index is 14.3. The van der Waals surface area contributed by atoms with Crippen LogP contribution in [0.15, 0.2) is 61.1 Å². The number of hydrogen-bond acceptors (Lipinski definition) is 8. The SMILES string of the molecule is CCn1cncc1Cn1c(CN2CCN(c3cccc(OCc4ccc(Cl)cc4F)n3)[C@H]3CC[C@@H]32)nc2c(OC)cc(C(=O)O)cc21. The summed E-state index contributed by atoms with van der Waals surface area (Å²) in [4.78, 5) is 31.0. The lowest BCUT2D eigenvalue weighted by Gasteiger charge is -2.54. The number of nitrogens with zero attached hydrogens (tertiary/aromatic N) is 7. The number of methoxy groups -OCH3 is 1. The number of pyridine rings is 1. The summed E-state index contributed by atoms with van der Waals surface area (Å²) in [7, 11) is 1.54. The molecule has 1 saturated heterocycles. The average Bonchev–Trinajstić information content (AvgIpc) is 3.65. The molecule has 0 radical (unpaired) electrons. The number of aromatic nitrogens is 5. The van der Waals surface area contributed by atoms with Crippen LogP contribution in [0.2, 0.25) is 5.02 Å². The summed E-state index contributed by atoms with van der Waals surface area (Å²) >= 11 is 5.89. The van der Waals surface area contributed by atoms with E-state index in [2.05, 4.69) is 30.8 Å². The van der Waals surface area contributed by atoms with Crippen molar-refractivity contribution < 1.29 is 23.8 Å². The summed E-state index contributed by atoms with van der Waals surface area (Å²) in [5, 5.41) is 10.2. The Kier molecular flexibility index (Phi) is 8.46. The van der Waals surface area contributed by atoms with E-state index in [0.717, 1.165) is 49.8 Å². The molecule has 0 amide bonds. The van der Waals surface area contributed by atoms with Crippen LogP contribution >= 0.6 is 11.6 Å². The molecular weight excluding hydrogens is 625 g/mol. The number of imidazole rings is 2. The predicted molar refractivity (Wildman–Crippen MR) is 175 cm³/mol. The van der Waals surface area contributed by atoms with E-state index in [1.54, 1.807) is 30.6 Å². The average molecular weight is 660 g/mol. The van der Waals surface area contributed by atoms with Gasteiger partial charge in [0.25, 0.3) is 0 Å². The van der Waals surface area contributed by atoms with Gasteiger partial charge in [-0.1, -0.05) is 23.7 Å². The second-order valence-electron chi connectivity index (χ2n) is 11.9. The lowest BCUT2D eigenvalue weighted by Crippen LogP contribution is -2.64. The molecule has 244 valence electrons. The number of carboxylic acids is 1. The first-order valence-corrected chi connectivity index (χ1v) is 16.0. The van der Waals surface area contributed by atoms with Gasteiger partial charge in [0.15, 0.2) is 0 Å². The van der Waals surface area contributed by atoms with E-state index in [4.69, 9.17) is 31.0 Å². The number of hydrogen-bond donors (Lipinski definition) is 1. The molecule has 5 aromatic rings. The highest BCUT2D eigenvalue weighted by Crippen LogP contribution is 2.38. The second-order valence-corrected chi connectivity index (χ2v) is 12.3. The number of halogens is 2. The molecule has 4 heterocycles. The molecule has 7 rings (SSSR count). The number of ether oxygens (including phenoxy) is 2. The molecule has 0 bridgehead atoms. The minimum absolute atomic E-state index is 0.0536. The Morgan fingerprint density at radius 3 is 2.68 bits per heavy atom. The normalized spacial score (nSPS) is 17.8. The molecule has 0 unspecified atom stereocenters. The third kappa shape index (κ3) is 5.98. The lowest BCUT2D eigenvalue weighted by atomic mass is 9.81. The highest BCUT2D eigenvalue weighted by Gasteiger charge is 2.43. The van der Waals surface area contributed by atoms with Crippen molar-refractivity contribution in [3.63, 3.8) is 0 Å². The number of carboxylic acid groups (broad SMARTS) is 1. The van der Waals surface area contributed by atoms with Gasteiger partial charge in [-0.3, -0.25) is 4.90 Å². The zero-order chi connectivity index (χ0) is 32.7. The first-order chi connectivity index (χ1) is 22.8. The van der Waals surface area contributed by atoms with Gasteiger partial charge in [0.05, 0.1) is 43.3 Å². The third-order valence-electron chi connectivity index (χ3n) is 9.26. The number of rotatable bonds is 11. The molecule has 2 aliphatic rings. The van der Waals surface area contributed by atoms with Crippen LogP contribution < -0.4 is 14.4 Å². The summed E-state index contributed by atoms with van der Waals surface area (Å²) in [5.41, 5.74) is 2.92. The molecular formula is C34H35ClFN7O4. The first-order valence-electron chi connectivity index (χ1n) is 15.7. The zero-order valence-corrected chi connectivity index (χ0v) is 26.9. The van der Waals surface area contributed by atoms with E-state index < -0.39 is 11.8 Å². The number of aryl methyl sites for hydroxylation is 1. The van der Waals surface area contributed by atoms with Gasteiger partial charge in [0.2, 0.25) is 5.88 Å². The number of carbonyl (C=O) groups is 1. The second kappa shape index (κ2) is 12.8. The summed E-state index contributed by atoms with van der Waals surface area (Å²) < 4.78 is 29.9. The topological polar surface area (TPSA) is 111 Å². The maximum Gasteiger partial charge on any atom is 0.335 e. The fourth-order valence-corrected chi connectivity index (χ4v) is 6.82. The number of benzene rings is 2. The zero-order valence-electron chi connectivity index (χ0n) is 26.1. The van der Waals surface area contributed by atoms with Crippen molar-refractivity contribution in [1.29, 1.82) is 0 Å². The van der Waals surface area contributed by atoms with Crippen molar-refractivity contribution in [2.75, 3.05) is 25.1 Å². The molecule has 3 aromatic heterocycles. The van der Waals surface area contributed by atoms with E-state index in [-0.39, 0.29) is 18.2 Å². The van der Waals surface area contributed by atoms with Crippen LogP contribution in [0.5, 0.6) is 11.6 Å². The van der Waals surface area contributed by atoms with E-state index >= 15 is 0 Å².